The lowest BCUT2D eigenvalue weighted by Crippen LogP contribution is -2.51. The van der Waals surface area contributed by atoms with Gasteiger partial charge in [-0.3, -0.25) is 0 Å². The molecule has 1 saturated carbocycles. The van der Waals surface area contributed by atoms with Gasteiger partial charge in [-0.2, -0.15) is 0 Å². The second-order valence-corrected chi connectivity index (χ2v) is 3.19. The molecule has 0 unspecified atom stereocenters. The standard InChI is InChI=1S/C7H12NO/c8-7-3-1-6(2-4-7)9-5-7/h1-5,8H2. The second-order valence-electron chi connectivity index (χ2n) is 3.19. The molecule has 0 aromatic carbocycles. The van der Waals surface area contributed by atoms with E-state index in [1.807, 2.05) is 0 Å². The zero-order valence-electron chi connectivity index (χ0n) is 5.52. The van der Waals surface area contributed by atoms with E-state index in [4.69, 9.17) is 10.5 Å². The topological polar surface area (TPSA) is 35.2 Å². The molecule has 2 saturated heterocycles. The normalized spacial score (nSPS) is 33.0. The molecule has 0 amide bonds. The first kappa shape index (κ1) is 5.69. The lowest BCUT2D eigenvalue weighted by atomic mass is 9.79. The molecule has 2 heteroatoms. The highest BCUT2D eigenvalue weighted by atomic mass is 16.5. The molecule has 2 nitrogen and oxygen atoms in total. The predicted octanol–water partition coefficient (Wildman–Crippen LogP) is 0.820. The molecular weight excluding hydrogens is 114 g/mol. The molecule has 1 radical (unpaired) electrons. The maximum absolute atomic E-state index is 5.96. The first-order valence-electron chi connectivity index (χ1n) is 3.55. The SMILES string of the molecule is NC12CC[C](CC1)OC2. The lowest BCUT2D eigenvalue weighted by Gasteiger charge is -2.42. The van der Waals surface area contributed by atoms with Gasteiger partial charge in [-0.25, -0.2) is 0 Å². The summed E-state index contributed by atoms with van der Waals surface area (Å²) in [5, 5.41) is 0. The summed E-state index contributed by atoms with van der Waals surface area (Å²) in [4.78, 5) is 0. The number of hydrogen-bond donors (Lipinski definition) is 1. The van der Waals surface area contributed by atoms with E-state index < -0.39 is 0 Å². The van der Waals surface area contributed by atoms with E-state index in [0.29, 0.717) is 0 Å². The minimum Gasteiger partial charge on any atom is -0.370 e. The van der Waals surface area contributed by atoms with Gasteiger partial charge in [-0.1, -0.05) is 0 Å². The lowest BCUT2D eigenvalue weighted by molar-refractivity contribution is -0.00732. The van der Waals surface area contributed by atoms with Crippen LogP contribution in [0.3, 0.4) is 0 Å². The summed E-state index contributed by atoms with van der Waals surface area (Å²) in [5.41, 5.74) is 6.00. The maximum Gasteiger partial charge on any atom is 0.0973 e. The molecule has 0 spiro atoms. The zero-order valence-corrected chi connectivity index (χ0v) is 5.52. The Morgan fingerprint density at radius 1 is 1.33 bits per heavy atom. The van der Waals surface area contributed by atoms with Gasteiger partial charge in [0.15, 0.2) is 0 Å². The Morgan fingerprint density at radius 3 is 2.22 bits per heavy atom. The van der Waals surface area contributed by atoms with Gasteiger partial charge < -0.3 is 10.5 Å². The average Bonchev–Trinajstić information content (AvgIpc) is 1.90. The molecule has 51 valence electrons. The van der Waals surface area contributed by atoms with Gasteiger partial charge in [-0.05, 0) is 25.7 Å². The molecule has 0 aromatic heterocycles. The highest BCUT2D eigenvalue weighted by Gasteiger charge is 2.38. The largest absolute Gasteiger partial charge is 0.370 e. The monoisotopic (exact) mass is 126 g/mol. The van der Waals surface area contributed by atoms with Gasteiger partial charge in [0.2, 0.25) is 0 Å². The first-order valence-corrected chi connectivity index (χ1v) is 3.55. The number of rotatable bonds is 0. The van der Waals surface area contributed by atoms with Gasteiger partial charge in [0.25, 0.3) is 0 Å². The van der Waals surface area contributed by atoms with E-state index in [1.165, 1.54) is 6.10 Å². The Bertz CT molecular complexity index is 102. The molecular formula is C7H12NO. The molecule has 0 aromatic rings. The third-order valence-electron chi connectivity index (χ3n) is 2.37. The summed E-state index contributed by atoms with van der Waals surface area (Å²) in [5.74, 6) is 0. The third kappa shape index (κ3) is 0.864. The van der Waals surface area contributed by atoms with Crippen LogP contribution in [0.2, 0.25) is 0 Å². The van der Waals surface area contributed by atoms with Crippen molar-refractivity contribution in [2.45, 2.75) is 31.2 Å². The van der Waals surface area contributed by atoms with Crippen LogP contribution in [0, 0.1) is 6.10 Å². The number of hydrogen-bond acceptors (Lipinski definition) is 2. The fraction of sp³-hybridized carbons (Fsp3) is 0.857. The molecule has 2 N–H and O–H groups in total. The Balaban J connectivity index is 2.11. The van der Waals surface area contributed by atoms with Gasteiger partial charge in [0.1, 0.15) is 0 Å². The van der Waals surface area contributed by atoms with Crippen molar-refractivity contribution in [3.05, 3.63) is 6.10 Å². The van der Waals surface area contributed by atoms with E-state index in [2.05, 4.69) is 0 Å². The van der Waals surface area contributed by atoms with Gasteiger partial charge in [0.05, 0.1) is 12.7 Å². The Hall–Kier alpha value is -0.0800. The Labute approximate surface area is 55.4 Å². The summed E-state index contributed by atoms with van der Waals surface area (Å²) in [6.45, 7) is 0.766. The summed E-state index contributed by atoms with van der Waals surface area (Å²) in [7, 11) is 0. The summed E-state index contributed by atoms with van der Waals surface area (Å²) < 4.78 is 5.37. The summed E-state index contributed by atoms with van der Waals surface area (Å²) in [6.07, 6.45) is 5.78. The van der Waals surface area contributed by atoms with Crippen molar-refractivity contribution < 1.29 is 4.74 Å². The molecule has 2 aliphatic heterocycles. The minimum atomic E-state index is 0.0434. The number of nitrogens with two attached hydrogens (primary N) is 1. The van der Waals surface area contributed by atoms with E-state index in [-0.39, 0.29) is 5.54 Å². The third-order valence-corrected chi connectivity index (χ3v) is 2.37. The summed E-state index contributed by atoms with van der Waals surface area (Å²) in [6, 6.07) is 0. The minimum absolute atomic E-state index is 0.0434. The van der Waals surface area contributed by atoms with Crippen molar-refractivity contribution in [2.24, 2.45) is 5.73 Å². The quantitative estimate of drug-likeness (QED) is 0.521. The van der Waals surface area contributed by atoms with Crippen LogP contribution in [0.4, 0.5) is 0 Å². The first-order chi connectivity index (χ1) is 4.29. The number of fused-ring (bicyclic) bond motifs is 3. The van der Waals surface area contributed by atoms with Crippen molar-refractivity contribution in [3.63, 3.8) is 0 Å². The molecule has 3 aliphatic rings. The van der Waals surface area contributed by atoms with Gasteiger partial charge >= 0.3 is 0 Å². The van der Waals surface area contributed by atoms with E-state index in [1.54, 1.807) is 0 Å². The molecule has 2 bridgehead atoms. The predicted molar refractivity (Wildman–Crippen MR) is 34.6 cm³/mol. The van der Waals surface area contributed by atoms with Crippen LogP contribution in [-0.4, -0.2) is 12.1 Å². The maximum atomic E-state index is 5.96. The smallest absolute Gasteiger partial charge is 0.0973 e. The van der Waals surface area contributed by atoms with E-state index in [0.717, 1.165) is 32.3 Å². The van der Waals surface area contributed by atoms with Crippen molar-refractivity contribution in [1.29, 1.82) is 0 Å². The van der Waals surface area contributed by atoms with Crippen LogP contribution >= 0.6 is 0 Å². The van der Waals surface area contributed by atoms with Crippen molar-refractivity contribution in [1.82, 2.24) is 0 Å². The van der Waals surface area contributed by atoms with Crippen LogP contribution in [0.25, 0.3) is 0 Å². The van der Waals surface area contributed by atoms with Crippen LogP contribution in [-0.2, 0) is 4.74 Å². The Morgan fingerprint density at radius 2 is 2.00 bits per heavy atom. The van der Waals surface area contributed by atoms with E-state index >= 15 is 0 Å². The molecule has 9 heavy (non-hydrogen) atoms. The highest BCUT2D eigenvalue weighted by molar-refractivity contribution is 5.02. The van der Waals surface area contributed by atoms with Gasteiger partial charge in [-0.15, -0.1) is 0 Å². The van der Waals surface area contributed by atoms with Crippen LogP contribution < -0.4 is 5.73 Å². The Kier molecular flexibility index (Phi) is 1.08. The average molecular weight is 126 g/mol. The van der Waals surface area contributed by atoms with E-state index in [9.17, 15) is 0 Å². The molecule has 1 aliphatic carbocycles. The van der Waals surface area contributed by atoms with Crippen LogP contribution in [0.5, 0.6) is 0 Å². The molecule has 3 fully saturated rings. The van der Waals surface area contributed by atoms with Crippen LogP contribution in [0.1, 0.15) is 25.7 Å². The fourth-order valence-corrected chi connectivity index (χ4v) is 1.56. The van der Waals surface area contributed by atoms with Crippen molar-refractivity contribution >= 4 is 0 Å². The van der Waals surface area contributed by atoms with Crippen molar-refractivity contribution in [3.8, 4) is 0 Å². The number of ether oxygens (including phenoxy) is 1. The molecule has 2 heterocycles. The molecule has 3 rings (SSSR count). The zero-order chi connectivity index (χ0) is 6.32. The fourth-order valence-electron chi connectivity index (χ4n) is 1.56. The van der Waals surface area contributed by atoms with Crippen molar-refractivity contribution in [2.75, 3.05) is 6.61 Å². The van der Waals surface area contributed by atoms with Gasteiger partial charge in [0, 0.05) is 5.54 Å². The highest BCUT2D eigenvalue weighted by Crippen LogP contribution is 2.38. The summed E-state index contributed by atoms with van der Waals surface area (Å²) >= 11 is 0. The molecule has 0 atom stereocenters. The second kappa shape index (κ2) is 1.70. The van der Waals surface area contributed by atoms with Crippen LogP contribution in [0.15, 0.2) is 0 Å².